The van der Waals surface area contributed by atoms with Gasteiger partial charge in [0, 0.05) is 4.90 Å². The lowest BCUT2D eigenvalue weighted by Gasteiger charge is -2.13. The summed E-state index contributed by atoms with van der Waals surface area (Å²) in [7, 11) is 0. The van der Waals surface area contributed by atoms with Gasteiger partial charge in [-0.2, -0.15) is 0 Å². The van der Waals surface area contributed by atoms with Crippen LogP contribution in [-0.4, -0.2) is 17.3 Å². The topological polar surface area (TPSA) is 37.3 Å². The highest BCUT2D eigenvalue weighted by atomic mass is 32.2. The van der Waals surface area contributed by atoms with Gasteiger partial charge in [0.1, 0.15) is 0 Å². The van der Waals surface area contributed by atoms with Gasteiger partial charge in [-0.25, -0.2) is 4.79 Å². The minimum absolute atomic E-state index is 0.444. The Bertz CT molecular complexity index is 372. The second kappa shape index (κ2) is 5.21. The third-order valence-corrected chi connectivity index (χ3v) is 3.43. The third kappa shape index (κ3) is 2.34. The molecule has 2 nitrogen and oxygen atoms in total. The molecule has 0 unspecified atom stereocenters. The minimum atomic E-state index is -0.829. The third-order valence-electron chi connectivity index (χ3n) is 2.51. The average molecular weight is 224 g/mol. The molecule has 82 valence electrons. The van der Waals surface area contributed by atoms with E-state index < -0.39 is 5.97 Å². The first-order valence-electron chi connectivity index (χ1n) is 5.07. The van der Waals surface area contributed by atoms with Gasteiger partial charge in [0.05, 0.1) is 5.56 Å². The van der Waals surface area contributed by atoms with Gasteiger partial charge in [-0.3, -0.25) is 0 Å². The second-order valence-electron chi connectivity index (χ2n) is 3.30. The van der Waals surface area contributed by atoms with Gasteiger partial charge in [-0.1, -0.05) is 19.9 Å². The maximum absolute atomic E-state index is 11.0. The van der Waals surface area contributed by atoms with Gasteiger partial charge >= 0.3 is 5.97 Å². The van der Waals surface area contributed by atoms with E-state index in [1.807, 2.05) is 19.2 Å². The number of carbonyl (C=O) groups is 1. The van der Waals surface area contributed by atoms with Crippen molar-refractivity contribution in [3.8, 4) is 0 Å². The van der Waals surface area contributed by atoms with Gasteiger partial charge < -0.3 is 5.11 Å². The summed E-state index contributed by atoms with van der Waals surface area (Å²) in [4.78, 5) is 12.2. The number of hydrogen-bond donors (Lipinski definition) is 1. The quantitative estimate of drug-likeness (QED) is 0.798. The number of carboxylic acids is 1. The molecule has 1 rings (SSSR count). The summed E-state index contributed by atoms with van der Waals surface area (Å²) in [6.07, 6.45) is 3.72. The van der Waals surface area contributed by atoms with E-state index in [9.17, 15) is 4.79 Å². The molecular formula is C12H16O2S. The van der Waals surface area contributed by atoms with Crippen LogP contribution in [0.3, 0.4) is 0 Å². The molecule has 0 spiro atoms. The fourth-order valence-electron chi connectivity index (χ4n) is 1.76. The summed E-state index contributed by atoms with van der Waals surface area (Å²) in [6.45, 7) is 4.09. The summed E-state index contributed by atoms with van der Waals surface area (Å²) in [5.41, 5.74) is 2.65. The Morgan fingerprint density at radius 3 is 2.40 bits per heavy atom. The molecule has 0 amide bonds. The Morgan fingerprint density at radius 2 is 2.00 bits per heavy atom. The van der Waals surface area contributed by atoms with Crippen molar-refractivity contribution in [2.75, 3.05) is 6.26 Å². The summed E-state index contributed by atoms with van der Waals surface area (Å²) in [5.74, 6) is -0.829. The first-order valence-corrected chi connectivity index (χ1v) is 6.30. The molecule has 0 saturated heterocycles. The van der Waals surface area contributed by atoms with Crippen LogP contribution < -0.4 is 0 Å². The van der Waals surface area contributed by atoms with E-state index >= 15 is 0 Å². The first kappa shape index (κ1) is 12.1. The van der Waals surface area contributed by atoms with Crippen LogP contribution in [0.25, 0.3) is 0 Å². The van der Waals surface area contributed by atoms with Gasteiger partial charge in [0.2, 0.25) is 0 Å². The zero-order valence-corrected chi connectivity index (χ0v) is 10.1. The smallest absolute Gasteiger partial charge is 0.336 e. The molecule has 3 heteroatoms. The molecule has 0 aliphatic carbocycles. The van der Waals surface area contributed by atoms with E-state index in [1.54, 1.807) is 17.8 Å². The van der Waals surface area contributed by atoms with Gasteiger partial charge in [0.15, 0.2) is 0 Å². The summed E-state index contributed by atoms with van der Waals surface area (Å²) in [5, 5.41) is 9.07. The SMILES string of the molecule is CCc1ccc(C(=O)O)c(CC)c1SC. The molecule has 0 aromatic heterocycles. The van der Waals surface area contributed by atoms with Crippen LogP contribution in [0.4, 0.5) is 0 Å². The fourth-order valence-corrected chi connectivity index (χ4v) is 2.74. The van der Waals surface area contributed by atoms with Crippen molar-refractivity contribution >= 4 is 17.7 Å². The number of aromatic carboxylic acids is 1. The molecule has 0 radical (unpaired) electrons. The molecule has 1 aromatic rings. The molecule has 0 aliphatic heterocycles. The van der Waals surface area contributed by atoms with E-state index in [0.717, 1.165) is 23.3 Å². The van der Waals surface area contributed by atoms with Crippen LogP contribution >= 0.6 is 11.8 Å². The maximum Gasteiger partial charge on any atom is 0.336 e. The van der Waals surface area contributed by atoms with E-state index in [0.29, 0.717) is 5.56 Å². The number of hydrogen-bond acceptors (Lipinski definition) is 2. The minimum Gasteiger partial charge on any atom is -0.478 e. The monoisotopic (exact) mass is 224 g/mol. The lowest BCUT2D eigenvalue weighted by atomic mass is 10.0. The molecule has 0 saturated carbocycles. The van der Waals surface area contributed by atoms with Crippen LogP contribution in [0.1, 0.15) is 35.3 Å². The lowest BCUT2D eigenvalue weighted by molar-refractivity contribution is 0.0695. The zero-order chi connectivity index (χ0) is 11.4. The molecule has 0 fully saturated rings. The highest BCUT2D eigenvalue weighted by molar-refractivity contribution is 7.98. The average Bonchev–Trinajstić information content (AvgIpc) is 2.26. The van der Waals surface area contributed by atoms with Crippen LogP contribution in [0, 0.1) is 0 Å². The normalized spacial score (nSPS) is 10.3. The number of benzene rings is 1. The van der Waals surface area contributed by atoms with Crippen LogP contribution in [0.2, 0.25) is 0 Å². The second-order valence-corrected chi connectivity index (χ2v) is 4.11. The standard InChI is InChI=1S/C12H16O2S/c1-4-8-6-7-10(12(13)14)9(5-2)11(8)15-3/h6-7H,4-5H2,1-3H3,(H,13,14). The molecule has 1 aromatic carbocycles. The van der Waals surface area contributed by atoms with E-state index in [2.05, 4.69) is 6.92 Å². The molecule has 1 N–H and O–H groups in total. The predicted octanol–water partition coefficient (Wildman–Crippen LogP) is 3.23. The first-order chi connectivity index (χ1) is 7.15. The Labute approximate surface area is 94.7 Å². The Kier molecular flexibility index (Phi) is 4.21. The van der Waals surface area contributed by atoms with Crippen LogP contribution in [0.5, 0.6) is 0 Å². The highest BCUT2D eigenvalue weighted by Crippen LogP contribution is 2.29. The predicted molar refractivity (Wildman–Crippen MR) is 63.9 cm³/mol. The molecule has 0 atom stereocenters. The van der Waals surface area contributed by atoms with Crippen LogP contribution in [0.15, 0.2) is 17.0 Å². The van der Waals surface area contributed by atoms with Crippen molar-refractivity contribution in [2.45, 2.75) is 31.6 Å². The van der Waals surface area contributed by atoms with Crippen molar-refractivity contribution in [1.29, 1.82) is 0 Å². The summed E-state index contributed by atoms with van der Waals surface area (Å²) in [6, 6.07) is 3.65. The molecule has 0 bridgehead atoms. The summed E-state index contributed by atoms with van der Waals surface area (Å²) >= 11 is 1.64. The van der Waals surface area contributed by atoms with E-state index in [1.165, 1.54) is 5.56 Å². The molecule has 15 heavy (non-hydrogen) atoms. The van der Waals surface area contributed by atoms with Crippen LogP contribution in [-0.2, 0) is 12.8 Å². The largest absolute Gasteiger partial charge is 0.478 e. The van der Waals surface area contributed by atoms with E-state index in [4.69, 9.17) is 5.11 Å². The Morgan fingerprint density at radius 1 is 1.33 bits per heavy atom. The Hall–Kier alpha value is -0.960. The van der Waals surface area contributed by atoms with Crippen molar-refractivity contribution in [2.24, 2.45) is 0 Å². The van der Waals surface area contributed by atoms with Crippen molar-refractivity contribution in [3.63, 3.8) is 0 Å². The fraction of sp³-hybridized carbons (Fsp3) is 0.417. The highest BCUT2D eigenvalue weighted by Gasteiger charge is 2.14. The Balaban J connectivity index is 3.40. The van der Waals surface area contributed by atoms with Crippen molar-refractivity contribution in [3.05, 3.63) is 28.8 Å². The maximum atomic E-state index is 11.0. The van der Waals surface area contributed by atoms with Gasteiger partial charge in [-0.05, 0) is 36.3 Å². The zero-order valence-electron chi connectivity index (χ0n) is 9.33. The van der Waals surface area contributed by atoms with E-state index in [-0.39, 0.29) is 0 Å². The molecule has 0 heterocycles. The molecule has 0 aliphatic rings. The number of carboxylic acid groups (broad SMARTS) is 1. The van der Waals surface area contributed by atoms with Crippen molar-refractivity contribution in [1.82, 2.24) is 0 Å². The van der Waals surface area contributed by atoms with Gasteiger partial charge in [0.25, 0.3) is 0 Å². The number of rotatable bonds is 4. The van der Waals surface area contributed by atoms with Crippen molar-refractivity contribution < 1.29 is 9.90 Å². The lowest BCUT2D eigenvalue weighted by Crippen LogP contribution is -2.05. The summed E-state index contributed by atoms with van der Waals surface area (Å²) < 4.78 is 0. The number of thioether (sulfide) groups is 1. The van der Waals surface area contributed by atoms with Gasteiger partial charge in [-0.15, -0.1) is 11.8 Å². The number of aryl methyl sites for hydroxylation is 1. The molecular weight excluding hydrogens is 208 g/mol.